The van der Waals surface area contributed by atoms with Crippen LogP contribution in [0.5, 0.6) is 0 Å². The number of carbonyl (C=O) groups excluding carboxylic acids is 1. The number of aromatic nitrogens is 3. The molecule has 2 rings (SSSR count). The molecule has 1 saturated carbocycles. The van der Waals surface area contributed by atoms with Gasteiger partial charge in [0.05, 0.1) is 6.20 Å². The van der Waals surface area contributed by atoms with E-state index in [0.29, 0.717) is 5.92 Å². The summed E-state index contributed by atoms with van der Waals surface area (Å²) < 4.78 is 1.14. The first-order chi connectivity index (χ1) is 9.06. The van der Waals surface area contributed by atoms with Crippen molar-refractivity contribution in [1.82, 2.24) is 20.3 Å². The number of amides is 1. The molecule has 2 unspecified atom stereocenters. The minimum atomic E-state index is -1.02. The van der Waals surface area contributed by atoms with Gasteiger partial charge in [0.15, 0.2) is 5.69 Å². The molecule has 7 nitrogen and oxygen atoms in total. The number of carboxylic acid groups (broad SMARTS) is 1. The van der Waals surface area contributed by atoms with E-state index in [9.17, 15) is 9.59 Å². The molecule has 0 aromatic carbocycles. The van der Waals surface area contributed by atoms with Gasteiger partial charge < -0.3 is 10.4 Å². The maximum Gasteiger partial charge on any atom is 0.325 e. The lowest BCUT2D eigenvalue weighted by Gasteiger charge is -2.29. The van der Waals surface area contributed by atoms with E-state index < -0.39 is 5.97 Å². The van der Waals surface area contributed by atoms with Gasteiger partial charge in [0.1, 0.15) is 6.54 Å². The Bertz CT molecular complexity index is 471. The van der Waals surface area contributed by atoms with Gasteiger partial charge in [-0.25, -0.2) is 4.68 Å². The molecule has 0 aliphatic heterocycles. The van der Waals surface area contributed by atoms with Gasteiger partial charge in [0.2, 0.25) is 0 Å². The van der Waals surface area contributed by atoms with Crippen molar-refractivity contribution in [2.45, 2.75) is 45.2 Å². The van der Waals surface area contributed by atoms with Crippen LogP contribution < -0.4 is 5.32 Å². The van der Waals surface area contributed by atoms with Gasteiger partial charge in [-0.2, -0.15) is 0 Å². The van der Waals surface area contributed by atoms with Crippen LogP contribution in [0.3, 0.4) is 0 Å². The van der Waals surface area contributed by atoms with Crippen LogP contribution in [-0.4, -0.2) is 38.0 Å². The summed E-state index contributed by atoms with van der Waals surface area (Å²) in [6.45, 7) is 1.84. The van der Waals surface area contributed by atoms with Crippen LogP contribution in [0, 0.1) is 5.92 Å². The maximum absolute atomic E-state index is 12.0. The molecule has 1 amide bonds. The molecular weight excluding hydrogens is 248 g/mol. The number of nitrogens with zero attached hydrogens (tertiary/aromatic N) is 3. The van der Waals surface area contributed by atoms with Crippen LogP contribution in [0.2, 0.25) is 0 Å². The summed E-state index contributed by atoms with van der Waals surface area (Å²) >= 11 is 0. The molecule has 1 heterocycles. The second-order valence-corrected chi connectivity index (χ2v) is 5.04. The van der Waals surface area contributed by atoms with E-state index in [-0.39, 0.29) is 24.2 Å². The van der Waals surface area contributed by atoms with Crippen LogP contribution in [0.15, 0.2) is 6.20 Å². The lowest BCUT2D eigenvalue weighted by Crippen LogP contribution is -2.41. The van der Waals surface area contributed by atoms with Crippen LogP contribution in [0.1, 0.15) is 43.1 Å². The molecule has 7 heteroatoms. The zero-order chi connectivity index (χ0) is 13.8. The number of nitrogens with one attached hydrogen (secondary N) is 1. The second kappa shape index (κ2) is 5.81. The minimum absolute atomic E-state index is 0.166. The Labute approximate surface area is 111 Å². The number of carboxylic acids is 1. The van der Waals surface area contributed by atoms with Gasteiger partial charge in [0, 0.05) is 6.04 Å². The molecule has 1 aromatic rings. The molecule has 1 aliphatic rings. The molecule has 1 aliphatic carbocycles. The Kier molecular flexibility index (Phi) is 4.13. The van der Waals surface area contributed by atoms with Gasteiger partial charge in [-0.3, -0.25) is 9.59 Å². The predicted molar refractivity (Wildman–Crippen MR) is 66.5 cm³/mol. The third-order valence-electron chi connectivity index (χ3n) is 3.50. The van der Waals surface area contributed by atoms with E-state index in [2.05, 4.69) is 22.6 Å². The molecule has 1 aromatic heterocycles. The van der Waals surface area contributed by atoms with Crippen molar-refractivity contribution in [2.24, 2.45) is 5.92 Å². The first-order valence-electron chi connectivity index (χ1n) is 6.49. The number of hydrogen-bond acceptors (Lipinski definition) is 4. The highest BCUT2D eigenvalue weighted by Crippen LogP contribution is 2.23. The van der Waals surface area contributed by atoms with E-state index in [0.717, 1.165) is 23.9 Å². The second-order valence-electron chi connectivity index (χ2n) is 5.04. The van der Waals surface area contributed by atoms with Crippen molar-refractivity contribution in [1.29, 1.82) is 0 Å². The van der Waals surface area contributed by atoms with E-state index in [1.807, 2.05) is 0 Å². The van der Waals surface area contributed by atoms with Crippen LogP contribution in [0.4, 0.5) is 0 Å². The third-order valence-corrected chi connectivity index (χ3v) is 3.50. The number of carbonyl (C=O) groups is 2. The van der Waals surface area contributed by atoms with Crippen molar-refractivity contribution < 1.29 is 14.7 Å². The Morgan fingerprint density at radius 2 is 2.21 bits per heavy atom. The Morgan fingerprint density at radius 1 is 1.47 bits per heavy atom. The summed E-state index contributed by atoms with van der Waals surface area (Å²) in [5.41, 5.74) is 0.166. The summed E-state index contributed by atoms with van der Waals surface area (Å²) in [6.07, 6.45) is 5.80. The Hall–Kier alpha value is -1.92. The quantitative estimate of drug-likeness (QED) is 0.834. The first-order valence-corrected chi connectivity index (χ1v) is 6.49. The summed E-state index contributed by atoms with van der Waals surface area (Å²) in [4.78, 5) is 22.5. The standard InChI is InChI=1S/C12H18N4O3/c1-8-4-2-3-5-9(8)13-12(19)10-6-16(15-14-10)7-11(17)18/h6,8-9H,2-5,7H2,1H3,(H,13,19)(H,17,18). The molecular formula is C12H18N4O3. The minimum Gasteiger partial charge on any atom is -0.480 e. The highest BCUT2D eigenvalue weighted by atomic mass is 16.4. The van der Waals surface area contributed by atoms with Gasteiger partial charge in [-0.15, -0.1) is 5.10 Å². The van der Waals surface area contributed by atoms with Crippen LogP contribution in [0.25, 0.3) is 0 Å². The van der Waals surface area contributed by atoms with Crippen molar-refractivity contribution in [3.05, 3.63) is 11.9 Å². The Morgan fingerprint density at radius 3 is 2.89 bits per heavy atom. The number of rotatable bonds is 4. The van der Waals surface area contributed by atoms with Gasteiger partial charge in [-0.1, -0.05) is 25.0 Å². The van der Waals surface area contributed by atoms with E-state index >= 15 is 0 Å². The van der Waals surface area contributed by atoms with Crippen molar-refractivity contribution in [3.8, 4) is 0 Å². The predicted octanol–water partition coefficient (Wildman–Crippen LogP) is 0.671. The summed E-state index contributed by atoms with van der Waals surface area (Å²) in [5.74, 6) is -0.833. The summed E-state index contributed by atoms with van der Waals surface area (Å²) in [5, 5.41) is 18.9. The van der Waals surface area contributed by atoms with E-state index in [4.69, 9.17) is 5.11 Å². The fourth-order valence-electron chi connectivity index (χ4n) is 2.39. The molecule has 0 radical (unpaired) electrons. The molecule has 0 bridgehead atoms. The molecule has 0 spiro atoms. The van der Waals surface area contributed by atoms with Gasteiger partial charge in [0.25, 0.3) is 5.91 Å². The largest absolute Gasteiger partial charge is 0.480 e. The molecule has 104 valence electrons. The zero-order valence-electron chi connectivity index (χ0n) is 10.9. The lowest BCUT2D eigenvalue weighted by atomic mass is 9.86. The molecule has 1 fully saturated rings. The highest BCUT2D eigenvalue weighted by Gasteiger charge is 2.24. The third kappa shape index (κ3) is 3.52. The average molecular weight is 266 g/mol. The smallest absolute Gasteiger partial charge is 0.325 e. The van der Waals surface area contributed by atoms with E-state index in [1.165, 1.54) is 12.6 Å². The normalized spacial score (nSPS) is 23.0. The fraction of sp³-hybridized carbons (Fsp3) is 0.667. The Balaban J connectivity index is 1.95. The monoisotopic (exact) mass is 266 g/mol. The molecule has 0 saturated heterocycles. The first kappa shape index (κ1) is 13.5. The summed E-state index contributed by atoms with van der Waals surface area (Å²) in [7, 11) is 0. The van der Waals surface area contributed by atoms with Crippen molar-refractivity contribution in [2.75, 3.05) is 0 Å². The maximum atomic E-state index is 12.0. The molecule has 2 atom stereocenters. The van der Waals surface area contributed by atoms with Gasteiger partial charge >= 0.3 is 5.97 Å². The van der Waals surface area contributed by atoms with Gasteiger partial charge in [-0.05, 0) is 18.8 Å². The number of hydrogen-bond donors (Lipinski definition) is 2. The summed E-state index contributed by atoms with van der Waals surface area (Å²) in [6, 6.07) is 0.172. The SMILES string of the molecule is CC1CCCCC1NC(=O)c1cn(CC(=O)O)nn1. The van der Waals surface area contributed by atoms with Crippen LogP contribution in [-0.2, 0) is 11.3 Å². The van der Waals surface area contributed by atoms with Crippen molar-refractivity contribution >= 4 is 11.9 Å². The highest BCUT2D eigenvalue weighted by molar-refractivity contribution is 5.92. The molecule has 19 heavy (non-hydrogen) atoms. The van der Waals surface area contributed by atoms with E-state index in [1.54, 1.807) is 0 Å². The van der Waals surface area contributed by atoms with Crippen molar-refractivity contribution in [3.63, 3.8) is 0 Å². The zero-order valence-corrected chi connectivity index (χ0v) is 10.9. The topological polar surface area (TPSA) is 97.1 Å². The lowest BCUT2D eigenvalue weighted by molar-refractivity contribution is -0.137. The molecule has 2 N–H and O–H groups in total. The number of aliphatic carboxylic acids is 1. The van der Waals surface area contributed by atoms with Crippen LogP contribution >= 0.6 is 0 Å². The average Bonchev–Trinajstić information content (AvgIpc) is 2.79. The fourth-order valence-corrected chi connectivity index (χ4v) is 2.39.